The first-order valence-corrected chi connectivity index (χ1v) is 4.80. The van der Waals surface area contributed by atoms with Gasteiger partial charge in [0.1, 0.15) is 16.6 Å². The number of imidazole rings is 1. The Labute approximate surface area is 87.9 Å². The molecule has 0 unspecified atom stereocenters. The summed E-state index contributed by atoms with van der Waals surface area (Å²) in [7, 11) is 3.97. The molecule has 2 aromatic heterocycles. The van der Waals surface area contributed by atoms with Gasteiger partial charge in [0.2, 0.25) is 0 Å². The third-order valence-corrected chi connectivity index (χ3v) is 2.46. The summed E-state index contributed by atoms with van der Waals surface area (Å²) in [6, 6.07) is 5.72. The second-order valence-electron chi connectivity index (χ2n) is 3.46. The smallest absolute Gasteiger partial charge is 0.139 e. The van der Waals surface area contributed by atoms with E-state index in [1.54, 1.807) is 0 Å². The van der Waals surface area contributed by atoms with E-state index >= 15 is 0 Å². The monoisotopic (exact) mass is 209 g/mol. The summed E-state index contributed by atoms with van der Waals surface area (Å²) in [5.41, 5.74) is 1.88. The van der Waals surface area contributed by atoms with E-state index in [-0.39, 0.29) is 0 Å². The van der Waals surface area contributed by atoms with Gasteiger partial charge in [-0.05, 0) is 19.1 Å². The van der Waals surface area contributed by atoms with Gasteiger partial charge in [-0.3, -0.25) is 4.40 Å². The van der Waals surface area contributed by atoms with Crippen molar-refractivity contribution in [1.82, 2.24) is 9.38 Å². The Morgan fingerprint density at radius 3 is 2.71 bits per heavy atom. The number of rotatable bonds is 1. The fraction of sp³-hybridized carbons (Fsp3) is 0.300. The largest absolute Gasteiger partial charge is 0.362 e. The van der Waals surface area contributed by atoms with E-state index < -0.39 is 0 Å². The minimum absolute atomic E-state index is 0.687. The van der Waals surface area contributed by atoms with Gasteiger partial charge in [-0.2, -0.15) is 0 Å². The molecule has 74 valence electrons. The quantitative estimate of drug-likeness (QED) is 0.673. The molecule has 0 radical (unpaired) electrons. The molecular weight excluding hydrogens is 198 g/mol. The Hall–Kier alpha value is -1.22. The lowest BCUT2D eigenvalue weighted by atomic mass is 10.4. The number of aryl methyl sites for hydroxylation is 1. The molecule has 2 heterocycles. The topological polar surface area (TPSA) is 20.5 Å². The normalized spacial score (nSPS) is 10.9. The first-order valence-electron chi connectivity index (χ1n) is 4.42. The lowest BCUT2D eigenvalue weighted by molar-refractivity contribution is 1.03. The molecule has 0 spiro atoms. The average molecular weight is 210 g/mol. The van der Waals surface area contributed by atoms with Gasteiger partial charge in [0.15, 0.2) is 0 Å². The molecule has 0 saturated heterocycles. The molecule has 0 bridgehead atoms. The average Bonchev–Trinajstić information content (AvgIpc) is 2.42. The molecule has 0 N–H and O–H groups in total. The number of nitrogens with zero attached hydrogens (tertiary/aromatic N) is 3. The van der Waals surface area contributed by atoms with Gasteiger partial charge < -0.3 is 4.90 Å². The van der Waals surface area contributed by atoms with Crippen molar-refractivity contribution in [2.45, 2.75) is 6.92 Å². The van der Waals surface area contributed by atoms with Crippen molar-refractivity contribution in [2.75, 3.05) is 19.0 Å². The van der Waals surface area contributed by atoms with Gasteiger partial charge >= 0.3 is 0 Å². The molecule has 14 heavy (non-hydrogen) atoms. The van der Waals surface area contributed by atoms with E-state index in [1.165, 1.54) is 0 Å². The lowest BCUT2D eigenvalue weighted by Gasteiger charge is -2.13. The zero-order chi connectivity index (χ0) is 10.3. The summed E-state index contributed by atoms with van der Waals surface area (Å²) < 4.78 is 1.94. The van der Waals surface area contributed by atoms with Crippen LogP contribution in [0.4, 0.5) is 5.82 Å². The predicted molar refractivity (Wildman–Crippen MR) is 59.3 cm³/mol. The molecule has 0 fully saturated rings. The first-order chi connectivity index (χ1) is 6.61. The van der Waals surface area contributed by atoms with Crippen LogP contribution in [0.25, 0.3) is 5.65 Å². The fourth-order valence-corrected chi connectivity index (χ4v) is 1.92. The Morgan fingerprint density at radius 2 is 2.07 bits per heavy atom. The lowest BCUT2D eigenvalue weighted by Crippen LogP contribution is -2.12. The number of hydrogen-bond acceptors (Lipinski definition) is 2. The molecule has 4 heteroatoms. The number of halogens is 1. The molecule has 2 aromatic rings. The van der Waals surface area contributed by atoms with E-state index in [1.807, 2.05) is 48.5 Å². The highest BCUT2D eigenvalue weighted by Gasteiger charge is 2.11. The molecule has 0 aliphatic heterocycles. The van der Waals surface area contributed by atoms with Crippen LogP contribution in [0, 0.1) is 6.92 Å². The third kappa shape index (κ3) is 1.24. The van der Waals surface area contributed by atoms with Gasteiger partial charge in [-0.25, -0.2) is 4.98 Å². The highest BCUT2D eigenvalue weighted by Crippen LogP contribution is 2.24. The van der Waals surface area contributed by atoms with Crippen LogP contribution >= 0.6 is 11.6 Å². The second-order valence-corrected chi connectivity index (χ2v) is 3.84. The number of hydrogen-bond donors (Lipinski definition) is 0. The van der Waals surface area contributed by atoms with E-state index in [0.717, 1.165) is 17.2 Å². The van der Waals surface area contributed by atoms with Crippen LogP contribution in [0.5, 0.6) is 0 Å². The van der Waals surface area contributed by atoms with Crippen LogP contribution in [0.15, 0.2) is 18.2 Å². The maximum absolute atomic E-state index is 6.12. The standard InChI is InChI=1S/C10H12ClN3/c1-7-10(13(2)3)14-8(11)5-4-6-9(14)12-7/h4-6H,1-3H3. The molecule has 0 aliphatic carbocycles. The van der Waals surface area contributed by atoms with Gasteiger partial charge in [0.05, 0.1) is 5.69 Å². The zero-order valence-corrected chi connectivity index (χ0v) is 9.21. The maximum Gasteiger partial charge on any atom is 0.139 e. The van der Waals surface area contributed by atoms with Crippen LogP contribution in [-0.4, -0.2) is 23.5 Å². The Bertz CT molecular complexity index is 473. The highest BCUT2D eigenvalue weighted by molar-refractivity contribution is 6.30. The first kappa shape index (κ1) is 9.34. The van der Waals surface area contributed by atoms with Crippen LogP contribution in [-0.2, 0) is 0 Å². The second kappa shape index (κ2) is 3.17. The van der Waals surface area contributed by atoms with E-state index in [9.17, 15) is 0 Å². The Morgan fingerprint density at radius 1 is 1.36 bits per heavy atom. The molecule has 0 amide bonds. The fourth-order valence-electron chi connectivity index (χ4n) is 1.68. The van der Waals surface area contributed by atoms with Crippen LogP contribution in [0.2, 0.25) is 5.15 Å². The van der Waals surface area contributed by atoms with Crippen molar-refractivity contribution in [2.24, 2.45) is 0 Å². The summed E-state index contributed by atoms with van der Waals surface area (Å²) >= 11 is 6.12. The maximum atomic E-state index is 6.12. The third-order valence-electron chi connectivity index (χ3n) is 2.16. The number of pyridine rings is 1. The Kier molecular flexibility index (Phi) is 2.11. The number of anilines is 1. The number of aromatic nitrogens is 2. The van der Waals surface area contributed by atoms with E-state index in [2.05, 4.69) is 4.98 Å². The SMILES string of the molecule is Cc1nc2cccc(Cl)n2c1N(C)C. The minimum atomic E-state index is 0.687. The molecule has 2 rings (SSSR count). The molecule has 3 nitrogen and oxygen atoms in total. The molecule has 0 aliphatic rings. The van der Waals surface area contributed by atoms with E-state index in [0.29, 0.717) is 5.15 Å². The van der Waals surface area contributed by atoms with Gasteiger partial charge in [-0.15, -0.1) is 0 Å². The molecule has 0 aromatic carbocycles. The zero-order valence-electron chi connectivity index (χ0n) is 8.45. The van der Waals surface area contributed by atoms with Crippen molar-refractivity contribution in [3.8, 4) is 0 Å². The predicted octanol–water partition coefficient (Wildman–Crippen LogP) is 2.36. The van der Waals surface area contributed by atoms with Crippen LogP contribution in [0.3, 0.4) is 0 Å². The summed E-state index contributed by atoms with van der Waals surface area (Å²) in [5.74, 6) is 1.03. The van der Waals surface area contributed by atoms with E-state index in [4.69, 9.17) is 11.6 Å². The summed E-state index contributed by atoms with van der Waals surface area (Å²) in [4.78, 5) is 6.45. The minimum Gasteiger partial charge on any atom is -0.362 e. The molecular formula is C10H12ClN3. The number of fused-ring (bicyclic) bond motifs is 1. The van der Waals surface area contributed by atoms with Crippen molar-refractivity contribution in [3.63, 3.8) is 0 Å². The van der Waals surface area contributed by atoms with Crippen molar-refractivity contribution in [3.05, 3.63) is 29.0 Å². The molecule has 0 atom stereocenters. The summed E-state index contributed by atoms with van der Waals surface area (Å²) in [6.07, 6.45) is 0. The Balaban J connectivity index is 2.86. The molecule has 0 saturated carbocycles. The summed E-state index contributed by atoms with van der Waals surface area (Å²) in [6.45, 7) is 1.98. The van der Waals surface area contributed by atoms with Crippen molar-refractivity contribution >= 4 is 23.1 Å². The highest BCUT2D eigenvalue weighted by atomic mass is 35.5. The summed E-state index contributed by atoms with van der Waals surface area (Å²) in [5, 5.41) is 0.687. The van der Waals surface area contributed by atoms with Crippen molar-refractivity contribution in [1.29, 1.82) is 0 Å². The van der Waals surface area contributed by atoms with Crippen LogP contribution in [0.1, 0.15) is 5.69 Å². The van der Waals surface area contributed by atoms with Crippen LogP contribution < -0.4 is 4.90 Å². The van der Waals surface area contributed by atoms with Gasteiger partial charge in [-0.1, -0.05) is 17.7 Å². The van der Waals surface area contributed by atoms with Gasteiger partial charge in [0, 0.05) is 14.1 Å². The van der Waals surface area contributed by atoms with Crippen molar-refractivity contribution < 1.29 is 0 Å². The van der Waals surface area contributed by atoms with Gasteiger partial charge in [0.25, 0.3) is 0 Å².